The van der Waals surface area contributed by atoms with Crippen molar-refractivity contribution in [2.75, 3.05) is 0 Å². The van der Waals surface area contributed by atoms with E-state index >= 15 is 0 Å². The number of carbonyl (C=O) groups is 1. The smallest absolute Gasteiger partial charge is 0.193 e. The lowest BCUT2D eigenvalue weighted by Crippen LogP contribution is -2.05. The normalized spacial score (nSPS) is 15.5. The Morgan fingerprint density at radius 1 is 0.773 bits per heavy atom. The van der Waals surface area contributed by atoms with Crippen molar-refractivity contribution in [3.8, 4) is 0 Å². The summed E-state index contributed by atoms with van der Waals surface area (Å²) in [5.41, 5.74) is 4.07. The van der Waals surface area contributed by atoms with E-state index in [0.717, 1.165) is 29.5 Å². The van der Waals surface area contributed by atoms with Crippen LogP contribution in [0.2, 0.25) is 0 Å². The van der Waals surface area contributed by atoms with Crippen LogP contribution in [0.15, 0.2) is 60.7 Å². The van der Waals surface area contributed by atoms with Gasteiger partial charge in [0.25, 0.3) is 0 Å². The van der Waals surface area contributed by atoms with Crippen molar-refractivity contribution in [3.05, 3.63) is 77.4 Å². The Morgan fingerprint density at radius 2 is 1.50 bits per heavy atom. The minimum Gasteiger partial charge on any atom is -0.289 e. The quantitative estimate of drug-likeness (QED) is 0.667. The van der Waals surface area contributed by atoms with Gasteiger partial charge in [-0.15, -0.1) is 0 Å². The molecule has 0 aromatic heterocycles. The Balaban J connectivity index is 1.97. The Kier molecular flexibility index (Phi) is 4.85. The van der Waals surface area contributed by atoms with Crippen LogP contribution >= 0.6 is 0 Å². The van der Waals surface area contributed by atoms with Gasteiger partial charge in [0.15, 0.2) is 5.78 Å². The number of allylic oxidation sites excluding steroid dienone is 2. The first-order valence-corrected chi connectivity index (χ1v) is 8.24. The number of hydrogen-bond acceptors (Lipinski definition) is 1. The van der Waals surface area contributed by atoms with E-state index in [4.69, 9.17) is 0 Å². The predicted octanol–water partition coefficient (Wildman–Crippen LogP) is 5.66. The van der Waals surface area contributed by atoms with Gasteiger partial charge in [-0.3, -0.25) is 4.79 Å². The molecule has 0 saturated carbocycles. The summed E-state index contributed by atoms with van der Waals surface area (Å²) < 4.78 is 0. The van der Waals surface area contributed by atoms with Gasteiger partial charge in [-0.05, 0) is 36.8 Å². The van der Waals surface area contributed by atoms with Crippen molar-refractivity contribution in [2.45, 2.75) is 38.5 Å². The van der Waals surface area contributed by atoms with Crippen LogP contribution in [0.1, 0.15) is 60.0 Å². The molecule has 0 radical (unpaired) electrons. The lowest BCUT2D eigenvalue weighted by Gasteiger charge is -2.15. The summed E-state index contributed by atoms with van der Waals surface area (Å²) in [5.74, 6) is 0.124. The molecule has 0 heterocycles. The number of benzene rings is 2. The van der Waals surface area contributed by atoms with E-state index in [9.17, 15) is 4.79 Å². The summed E-state index contributed by atoms with van der Waals surface area (Å²) >= 11 is 0. The second-order valence-corrected chi connectivity index (χ2v) is 5.92. The van der Waals surface area contributed by atoms with Crippen LogP contribution in [0.3, 0.4) is 0 Å². The van der Waals surface area contributed by atoms with E-state index in [-0.39, 0.29) is 5.78 Å². The van der Waals surface area contributed by atoms with E-state index in [0.29, 0.717) is 0 Å². The molecule has 0 aliphatic heterocycles. The summed E-state index contributed by atoms with van der Waals surface area (Å²) in [6, 6.07) is 17.6. The summed E-state index contributed by atoms with van der Waals surface area (Å²) in [5, 5.41) is 0. The molecule has 1 nitrogen and oxygen atoms in total. The molecule has 112 valence electrons. The van der Waals surface area contributed by atoms with Gasteiger partial charge >= 0.3 is 0 Å². The second kappa shape index (κ2) is 7.22. The van der Waals surface area contributed by atoms with Gasteiger partial charge in [-0.1, -0.05) is 73.5 Å². The van der Waals surface area contributed by atoms with Crippen molar-refractivity contribution in [1.29, 1.82) is 0 Å². The maximum absolute atomic E-state index is 12.8. The summed E-state index contributed by atoms with van der Waals surface area (Å²) in [4.78, 5) is 12.8. The number of carbonyl (C=O) groups excluding carboxylic acids is 1. The molecule has 0 unspecified atom stereocenters. The number of hydrogen-bond donors (Lipinski definition) is 0. The highest BCUT2D eigenvalue weighted by Crippen LogP contribution is 2.29. The molecule has 0 N–H and O–H groups in total. The molecule has 2 aromatic carbocycles. The molecular weight excluding hydrogens is 268 g/mol. The van der Waals surface area contributed by atoms with Crippen LogP contribution in [-0.2, 0) is 0 Å². The largest absolute Gasteiger partial charge is 0.289 e. The van der Waals surface area contributed by atoms with E-state index in [2.05, 4.69) is 12.1 Å². The van der Waals surface area contributed by atoms with Crippen molar-refractivity contribution < 1.29 is 4.79 Å². The summed E-state index contributed by atoms with van der Waals surface area (Å²) in [6.45, 7) is 0. The predicted molar refractivity (Wildman–Crippen MR) is 92.0 cm³/mol. The van der Waals surface area contributed by atoms with Gasteiger partial charge in [0.1, 0.15) is 0 Å². The van der Waals surface area contributed by atoms with Crippen LogP contribution in [0.25, 0.3) is 5.57 Å². The standard InChI is InChI=1S/C21H22O/c22-21(18-13-7-4-8-14-18)20-16-10-9-15-19(20)17-11-5-2-1-3-6-12-17/h4,7-11,13-16H,1-3,5-6,12H2. The third kappa shape index (κ3) is 3.36. The van der Waals surface area contributed by atoms with Crippen molar-refractivity contribution in [2.24, 2.45) is 0 Å². The SMILES string of the molecule is O=C(c1ccccc1)c1ccccc1C1=CCCCCCC1. The molecule has 0 saturated heterocycles. The molecule has 1 heteroatoms. The molecule has 0 fully saturated rings. The second-order valence-electron chi connectivity index (χ2n) is 5.92. The minimum absolute atomic E-state index is 0.124. The van der Waals surface area contributed by atoms with Gasteiger partial charge in [-0.2, -0.15) is 0 Å². The molecular formula is C21H22O. The fraction of sp³-hybridized carbons (Fsp3) is 0.286. The first-order chi connectivity index (χ1) is 10.9. The third-order valence-electron chi connectivity index (χ3n) is 4.34. The fourth-order valence-corrected chi connectivity index (χ4v) is 3.14. The number of ketones is 1. The Bertz CT molecular complexity index is 667. The van der Waals surface area contributed by atoms with Crippen molar-refractivity contribution >= 4 is 11.4 Å². The molecule has 1 aliphatic rings. The van der Waals surface area contributed by atoms with E-state index in [1.165, 1.54) is 31.3 Å². The van der Waals surface area contributed by atoms with Crippen LogP contribution in [0.5, 0.6) is 0 Å². The number of rotatable bonds is 3. The molecule has 3 rings (SSSR count). The maximum atomic E-state index is 12.8. The average Bonchev–Trinajstić information content (AvgIpc) is 2.55. The Morgan fingerprint density at radius 3 is 2.36 bits per heavy atom. The van der Waals surface area contributed by atoms with Gasteiger partial charge < -0.3 is 0 Å². The highest BCUT2D eigenvalue weighted by atomic mass is 16.1. The van der Waals surface area contributed by atoms with E-state index in [1.807, 2.05) is 48.5 Å². The molecule has 22 heavy (non-hydrogen) atoms. The summed E-state index contributed by atoms with van der Waals surface area (Å²) in [7, 11) is 0. The summed E-state index contributed by atoms with van der Waals surface area (Å²) in [6.07, 6.45) is 9.66. The molecule has 0 atom stereocenters. The zero-order chi connectivity index (χ0) is 15.2. The van der Waals surface area contributed by atoms with Gasteiger partial charge in [-0.25, -0.2) is 0 Å². The average molecular weight is 290 g/mol. The van der Waals surface area contributed by atoms with Crippen LogP contribution in [-0.4, -0.2) is 5.78 Å². The molecule has 2 aromatic rings. The molecule has 1 aliphatic carbocycles. The zero-order valence-electron chi connectivity index (χ0n) is 12.9. The minimum atomic E-state index is 0.124. The first-order valence-electron chi connectivity index (χ1n) is 8.24. The Hall–Kier alpha value is -2.15. The lowest BCUT2D eigenvalue weighted by atomic mass is 9.89. The van der Waals surface area contributed by atoms with Gasteiger partial charge in [0, 0.05) is 11.1 Å². The first kappa shape index (κ1) is 14.8. The van der Waals surface area contributed by atoms with Gasteiger partial charge in [0.05, 0.1) is 0 Å². The third-order valence-corrected chi connectivity index (χ3v) is 4.34. The zero-order valence-corrected chi connectivity index (χ0v) is 12.9. The van der Waals surface area contributed by atoms with Crippen LogP contribution in [0, 0.1) is 0 Å². The molecule has 0 bridgehead atoms. The Labute approximate surface area is 132 Å². The molecule has 0 amide bonds. The lowest BCUT2D eigenvalue weighted by molar-refractivity contribution is 0.103. The highest BCUT2D eigenvalue weighted by molar-refractivity contribution is 6.11. The fourth-order valence-electron chi connectivity index (χ4n) is 3.14. The van der Waals surface area contributed by atoms with Crippen LogP contribution < -0.4 is 0 Å². The van der Waals surface area contributed by atoms with Crippen molar-refractivity contribution in [3.63, 3.8) is 0 Å². The highest BCUT2D eigenvalue weighted by Gasteiger charge is 2.15. The van der Waals surface area contributed by atoms with Gasteiger partial charge in [0.2, 0.25) is 0 Å². The topological polar surface area (TPSA) is 17.1 Å². The van der Waals surface area contributed by atoms with Crippen molar-refractivity contribution in [1.82, 2.24) is 0 Å². The van der Waals surface area contributed by atoms with Crippen LogP contribution in [0.4, 0.5) is 0 Å². The maximum Gasteiger partial charge on any atom is 0.193 e. The monoisotopic (exact) mass is 290 g/mol. The molecule has 0 spiro atoms. The van der Waals surface area contributed by atoms with E-state index in [1.54, 1.807) is 0 Å². The van der Waals surface area contributed by atoms with E-state index < -0.39 is 0 Å².